The molecular weight excluding hydrogens is 234 g/mol. The van der Waals surface area contributed by atoms with Gasteiger partial charge in [-0.25, -0.2) is 9.59 Å². The molecule has 0 aromatic heterocycles. The highest BCUT2D eigenvalue weighted by Crippen LogP contribution is 2.18. The maximum absolute atomic E-state index is 12.0. The predicted molar refractivity (Wildman–Crippen MR) is 66.4 cm³/mol. The van der Waals surface area contributed by atoms with Crippen LogP contribution in [0.15, 0.2) is 0 Å². The maximum Gasteiger partial charge on any atom is 0.326 e. The summed E-state index contributed by atoms with van der Waals surface area (Å²) in [5.41, 5.74) is 0. The lowest BCUT2D eigenvalue weighted by molar-refractivity contribution is -0.141. The molecule has 2 aliphatic heterocycles. The first-order valence-electron chi connectivity index (χ1n) is 6.57. The fourth-order valence-electron chi connectivity index (χ4n) is 2.81. The summed E-state index contributed by atoms with van der Waals surface area (Å²) < 4.78 is 0. The number of rotatable bonds is 3. The molecule has 2 fully saturated rings. The lowest BCUT2D eigenvalue weighted by Gasteiger charge is -2.24. The molecular formula is C12H21N3O3. The third-order valence-corrected chi connectivity index (χ3v) is 3.96. The molecule has 2 atom stereocenters. The predicted octanol–water partition coefficient (Wildman–Crippen LogP) is 0.339. The number of nitrogens with zero attached hydrogens (tertiary/aromatic N) is 2. The maximum atomic E-state index is 12.0. The minimum atomic E-state index is -0.902. The number of hydrogen-bond donors (Lipinski definition) is 2. The topological polar surface area (TPSA) is 72.9 Å². The summed E-state index contributed by atoms with van der Waals surface area (Å²) in [5.74, 6) is -0.902. The molecule has 6 heteroatoms. The summed E-state index contributed by atoms with van der Waals surface area (Å²) >= 11 is 0. The first kappa shape index (κ1) is 13.1. The van der Waals surface area contributed by atoms with Crippen molar-refractivity contribution in [3.05, 3.63) is 0 Å². The summed E-state index contributed by atoms with van der Waals surface area (Å²) in [7, 11) is 2.06. The molecule has 102 valence electrons. The lowest BCUT2D eigenvalue weighted by atomic mass is 10.2. The Balaban J connectivity index is 1.82. The van der Waals surface area contributed by atoms with Crippen molar-refractivity contribution < 1.29 is 14.7 Å². The normalized spacial score (nSPS) is 28.6. The Kier molecular flexibility index (Phi) is 4.06. The van der Waals surface area contributed by atoms with Gasteiger partial charge in [0, 0.05) is 19.1 Å². The van der Waals surface area contributed by atoms with Gasteiger partial charge in [0.2, 0.25) is 0 Å². The number of nitrogens with one attached hydrogen (secondary N) is 1. The number of hydrogen-bond acceptors (Lipinski definition) is 3. The zero-order valence-corrected chi connectivity index (χ0v) is 10.8. The molecule has 0 spiro atoms. The molecule has 2 N–H and O–H groups in total. The number of carboxylic acids is 1. The molecule has 0 aliphatic carbocycles. The van der Waals surface area contributed by atoms with E-state index in [1.807, 2.05) is 0 Å². The number of carboxylic acid groups (broad SMARTS) is 1. The monoisotopic (exact) mass is 255 g/mol. The minimum absolute atomic E-state index is 0.236. The van der Waals surface area contributed by atoms with E-state index < -0.39 is 12.0 Å². The summed E-state index contributed by atoms with van der Waals surface area (Å²) in [6, 6.07) is -0.494. The van der Waals surface area contributed by atoms with Crippen molar-refractivity contribution in [2.75, 3.05) is 26.7 Å². The molecule has 0 aromatic rings. The largest absolute Gasteiger partial charge is 0.480 e. The Hall–Kier alpha value is -1.30. The number of carbonyl (C=O) groups excluding carboxylic acids is 1. The van der Waals surface area contributed by atoms with Crippen LogP contribution in [0.4, 0.5) is 4.79 Å². The highest BCUT2D eigenvalue weighted by atomic mass is 16.4. The Morgan fingerprint density at radius 1 is 1.28 bits per heavy atom. The van der Waals surface area contributed by atoms with Gasteiger partial charge in [-0.1, -0.05) is 0 Å². The van der Waals surface area contributed by atoms with Crippen molar-refractivity contribution >= 4 is 12.0 Å². The van der Waals surface area contributed by atoms with E-state index in [0.29, 0.717) is 25.6 Å². The third kappa shape index (κ3) is 2.75. The van der Waals surface area contributed by atoms with Crippen LogP contribution in [0.25, 0.3) is 0 Å². The standard InChI is InChI=1S/C12H21N3O3/c1-14-6-2-4-9(14)8-13-12(18)15-7-3-5-10(15)11(16)17/h9-10H,2-8H2,1H3,(H,13,18)(H,16,17). The zero-order valence-electron chi connectivity index (χ0n) is 10.8. The van der Waals surface area contributed by atoms with Crippen LogP contribution in [0, 0.1) is 0 Å². The summed E-state index contributed by atoms with van der Waals surface area (Å²) in [4.78, 5) is 26.6. The van der Waals surface area contributed by atoms with Gasteiger partial charge in [-0.05, 0) is 39.3 Å². The van der Waals surface area contributed by atoms with Gasteiger partial charge in [-0.3, -0.25) is 0 Å². The van der Waals surface area contributed by atoms with Crippen LogP contribution in [0.3, 0.4) is 0 Å². The molecule has 2 aliphatic rings. The Bertz CT molecular complexity index is 335. The molecule has 0 bridgehead atoms. The fraction of sp³-hybridized carbons (Fsp3) is 0.833. The smallest absolute Gasteiger partial charge is 0.326 e. The van der Waals surface area contributed by atoms with Gasteiger partial charge in [-0.2, -0.15) is 0 Å². The van der Waals surface area contributed by atoms with Crippen molar-refractivity contribution in [1.29, 1.82) is 0 Å². The van der Waals surface area contributed by atoms with E-state index >= 15 is 0 Å². The SMILES string of the molecule is CN1CCCC1CNC(=O)N1CCCC1C(=O)O. The van der Waals surface area contributed by atoms with Crippen molar-refractivity contribution in [3.63, 3.8) is 0 Å². The van der Waals surface area contributed by atoms with Gasteiger partial charge in [0.05, 0.1) is 0 Å². The van der Waals surface area contributed by atoms with Crippen LogP contribution in [-0.2, 0) is 4.79 Å². The number of likely N-dealkylation sites (tertiary alicyclic amines) is 2. The van der Waals surface area contributed by atoms with Crippen LogP contribution < -0.4 is 5.32 Å². The summed E-state index contributed by atoms with van der Waals surface area (Å²) in [5, 5.41) is 11.9. The number of amides is 2. The van der Waals surface area contributed by atoms with Crippen molar-refractivity contribution in [2.45, 2.75) is 37.8 Å². The van der Waals surface area contributed by atoms with E-state index in [9.17, 15) is 9.59 Å². The van der Waals surface area contributed by atoms with E-state index in [4.69, 9.17) is 5.11 Å². The number of aliphatic carboxylic acids is 1. The second kappa shape index (κ2) is 5.56. The highest BCUT2D eigenvalue weighted by Gasteiger charge is 2.34. The van der Waals surface area contributed by atoms with Gasteiger partial charge in [0.25, 0.3) is 0 Å². The summed E-state index contributed by atoms with van der Waals surface area (Å²) in [6.07, 6.45) is 3.59. The second-order valence-corrected chi connectivity index (χ2v) is 5.15. The van der Waals surface area contributed by atoms with Crippen LogP contribution in [0.2, 0.25) is 0 Å². The van der Waals surface area contributed by atoms with Crippen LogP contribution in [-0.4, -0.2) is 65.7 Å². The molecule has 0 radical (unpaired) electrons. The van der Waals surface area contributed by atoms with E-state index in [-0.39, 0.29) is 6.03 Å². The minimum Gasteiger partial charge on any atom is -0.480 e. The Labute approximate surface area is 107 Å². The number of urea groups is 1. The van der Waals surface area contributed by atoms with Gasteiger partial charge < -0.3 is 20.2 Å². The zero-order chi connectivity index (χ0) is 13.1. The molecule has 0 saturated carbocycles. The van der Waals surface area contributed by atoms with Gasteiger partial charge >= 0.3 is 12.0 Å². The van der Waals surface area contributed by atoms with Crippen molar-refractivity contribution in [3.8, 4) is 0 Å². The average molecular weight is 255 g/mol. The quantitative estimate of drug-likeness (QED) is 0.762. The van der Waals surface area contributed by atoms with Crippen LogP contribution >= 0.6 is 0 Å². The third-order valence-electron chi connectivity index (χ3n) is 3.96. The summed E-state index contributed by atoms with van der Waals surface area (Å²) in [6.45, 7) is 2.23. The average Bonchev–Trinajstić information content (AvgIpc) is 2.94. The van der Waals surface area contributed by atoms with Crippen LogP contribution in [0.1, 0.15) is 25.7 Å². The molecule has 2 amide bonds. The number of likely N-dealkylation sites (N-methyl/N-ethyl adjacent to an activating group) is 1. The first-order chi connectivity index (χ1) is 8.59. The molecule has 6 nitrogen and oxygen atoms in total. The molecule has 2 unspecified atom stereocenters. The van der Waals surface area contributed by atoms with Gasteiger partial charge in [0.1, 0.15) is 6.04 Å². The lowest BCUT2D eigenvalue weighted by Crippen LogP contribution is -2.48. The molecule has 18 heavy (non-hydrogen) atoms. The molecule has 2 rings (SSSR count). The molecule has 0 aromatic carbocycles. The number of carbonyl (C=O) groups is 2. The highest BCUT2D eigenvalue weighted by molar-refractivity contribution is 5.83. The fourth-order valence-corrected chi connectivity index (χ4v) is 2.81. The van der Waals surface area contributed by atoms with Crippen molar-refractivity contribution in [1.82, 2.24) is 15.1 Å². The van der Waals surface area contributed by atoms with E-state index in [0.717, 1.165) is 19.4 Å². The van der Waals surface area contributed by atoms with E-state index in [1.54, 1.807) is 0 Å². The van der Waals surface area contributed by atoms with E-state index in [2.05, 4.69) is 17.3 Å². The molecule has 2 saturated heterocycles. The Morgan fingerprint density at radius 2 is 2.00 bits per heavy atom. The van der Waals surface area contributed by atoms with E-state index in [1.165, 1.54) is 11.3 Å². The van der Waals surface area contributed by atoms with Crippen LogP contribution in [0.5, 0.6) is 0 Å². The van der Waals surface area contributed by atoms with Crippen molar-refractivity contribution in [2.24, 2.45) is 0 Å². The van der Waals surface area contributed by atoms with Gasteiger partial charge in [0.15, 0.2) is 0 Å². The molecule has 2 heterocycles. The Morgan fingerprint density at radius 3 is 2.61 bits per heavy atom. The first-order valence-corrected chi connectivity index (χ1v) is 6.57. The second-order valence-electron chi connectivity index (χ2n) is 5.15. The van der Waals surface area contributed by atoms with Gasteiger partial charge in [-0.15, -0.1) is 0 Å².